The molecule has 302 valence electrons. The maximum Gasteiger partial charge on any atom is 0.0159 e. The molecule has 0 heterocycles. The summed E-state index contributed by atoms with van der Waals surface area (Å²) in [6.45, 7) is 9.53. The zero-order valence-corrected chi connectivity index (χ0v) is 36.6. The molecule has 0 unspecified atom stereocenters. The number of rotatable bonds is 4. The van der Waals surface area contributed by atoms with Gasteiger partial charge in [-0.1, -0.05) is 210 Å². The molecule has 0 saturated carbocycles. The zero-order valence-electron chi connectivity index (χ0n) is 36.6. The maximum absolute atomic E-state index is 2.51. The smallest absolute Gasteiger partial charge is 0.0159 e. The van der Waals surface area contributed by atoms with Gasteiger partial charge in [-0.15, -0.1) is 0 Å². The fourth-order valence-corrected chi connectivity index (χ4v) is 11.8. The number of hydrogen-bond acceptors (Lipinski definition) is 0. The fourth-order valence-electron chi connectivity index (χ4n) is 11.8. The molecule has 0 spiro atoms. The van der Waals surface area contributed by atoms with Gasteiger partial charge in [0.15, 0.2) is 0 Å². The molecule has 0 N–H and O–H groups in total. The van der Waals surface area contributed by atoms with E-state index in [1.165, 1.54) is 132 Å². The van der Waals surface area contributed by atoms with Crippen LogP contribution in [0, 0.1) is 0 Å². The minimum Gasteiger partial charge on any atom is -0.0619 e. The Kier molecular flexibility index (Phi) is 7.80. The highest BCUT2D eigenvalue weighted by atomic mass is 14.4. The van der Waals surface area contributed by atoms with E-state index in [1.54, 1.807) is 0 Å². The first-order valence-corrected chi connectivity index (χ1v) is 22.7. The van der Waals surface area contributed by atoms with Crippen molar-refractivity contribution in [3.63, 3.8) is 0 Å². The number of benzene rings is 11. The Labute approximate surface area is 375 Å². The van der Waals surface area contributed by atoms with Gasteiger partial charge < -0.3 is 0 Å². The lowest BCUT2D eigenvalue weighted by Crippen LogP contribution is -2.14. The Hall–Kier alpha value is -7.54. The van der Waals surface area contributed by atoms with Crippen LogP contribution in [0.1, 0.15) is 49.9 Å². The lowest BCUT2D eigenvalue weighted by atomic mass is 9.79. The van der Waals surface area contributed by atoms with E-state index in [4.69, 9.17) is 0 Å². The number of fused-ring (bicyclic) bond motifs is 10. The summed E-state index contributed by atoms with van der Waals surface area (Å²) in [6.07, 6.45) is 0. The van der Waals surface area contributed by atoms with E-state index in [-0.39, 0.29) is 10.8 Å². The Balaban J connectivity index is 1.08. The van der Waals surface area contributed by atoms with E-state index in [1.807, 2.05) is 0 Å². The predicted molar refractivity (Wildman–Crippen MR) is 273 cm³/mol. The average Bonchev–Trinajstić information content (AvgIpc) is 3.71. The lowest BCUT2D eigenvalue weighted by molar-refractivity contribution is 0.660. The van der Waals surface area contributed by atoms with E-state index in [2.05, 4.69) is 234 Å². The summed E-state index contributed by atoms with van der Waals surface area (Å²) in [5.74, 6) is 0. The van der Waals surface area contributed by atoms with Gasteiger partial charge in [0, 0.05) is 10.8 Å². The third-order valence-corrected chi connectivity index (χ3v) is 15.1. The minimum absolute atomic E-state index is 0.0812. The van der Waals surface area contributed by atoms with Gasteiger partial charge in [0.25, 0.3) is 0 Å². The van der Waals surface area contributed by atoms with Gasteiger partial charge in [0.2, 0.25) is 0 Å². The van der Waals surface area contributed by atoms with Crippen LogP contribution in [0.2, 0.25) is 0 Å². The van der Waals surface area contributed by atoms with Crippen molar-refractivity contribution < 1.29 is 0 Å². The monoisotopic (exact) mass is 814 g/mol. The maximum atomic E-state index is 2.51. The van der Waals surface area contributed by atoms with E-state index in [0.29, 0.717) is 0 Å². The minimum atomic E-state index is -0.112. The Morgan fingerprint density at radius 1 is 0.234 bits per heavy atom. The standard InChI is InChI=1S/C64H46/c1-63(2)57-23-13-11-19-48(57)50-30-27-42(37-59(50)63)41-28-32-55-56(36-41)61(44-29-31-51-49-20-12-14-24-58(49)64(3,4)60(51)38-44)52-21-9-10-22-53(52)62(55)54-34-33-45(46-17-7-8-18-47(46)54)43-26-25-39-15-5-6-16-40(39)35-43/h5-38H,1-4H3. The second-order valence-corrected chi connectivity index (χ2v) is 19.2. The fraction of sp³-hybridized carbons (Fsp3) is 0.0938. The van der Waals surface area contributed by atoms with Gasteiger partial charge in [0.05, 0.1) is 0 Å². The van der Waals surface area contributed by atoms with Crippen LogP contribution in [-0.2, 0) is 10.8 Å². The molecule has 13 rings (SSSR count). The first-order chi connectivity index (χ1) is 31.3. The molecule has 2 aliphatic carbocycles. The second-order valence-electron chi connectivity index (χ2n) is 19.2. The molecule has 11 aromatic carbocycles. The van der Waals surface area contributed by atoms with Crippen molar-refractivity contribution in [2.75, 3.05) is 0 Å². The summed E-state index contributed by atoms with van der Waals surface area (Å²) in [4.78, 5) is 0. The van der Waals surface area contributed by atoms with Crippen LogP contribution in [0.4, 0.5) is 0 Å². The molecule has 0 aromatic heterocycles. The Morgan fingerprint density at radius 3 is 1.36 bits per heavy atom. The molecule has 0 aliphatic heterocycles. The quantitative estimate of drug-likeness (QED) is 0.155. The van der Waals surface area contributed by atoms with Crippen LogP contribution in [-0.4, -0.2) is 0 Å². The molecule has 0 amide bonds. The van der Waals surface area contributed by atoms with Gasteiger partial charge in [0.1, 0.15) is 0 Å². The van der Waals surface area contributed by atoms with Crippen LogP contribution in [0.25, 0.3) is 110 Å². The Morgan fingerprint density at radius 2 is 0.672 bits per heavy atom. The summed E-state index contributed by atoms with van der Waals surface area (Å²) in [5, 5.41) is 10.1. The molecule has 64 heavy (non-hydrogen) atoms. The van der Waals surface area contributed by atoms with Crippen LogP contribution >= 0.6 is 0 Å². The van der Waals surface area contributed by atoms with Crippen molar-refractivity contribution in [2.24, 2.45) is 0 Å². The first-order valence-electron chi connectivity index (χ1n) is 22.7. The summed E-state index contributed by atoms with van der Waals surface area (Å²) in [5.41, 5.74) is 20.8. The van der Waals surface area contributed by atoms with Gasteiger partial charge in [-0.3, -0.25) is 0 Å². The molecular weight excluding hydrogens is 769 g/mol. The van der Waals surface area contributed by atoms with E-state index < -0.39 is 0 Å². The second kappa shape index (κ2) is 13.5. The molecule has 0 fully saturated rings. The van der Waals surface area contributed by atoms with Gasteiger partial charge in [-0.05, 0) is 156 Å². The molecule has 0 nitrogen and oxygen atoms in total. The van der Waals surface area contributed by atoms with E-state index in [9.17, 15) is 0 Å². The molecule has 0 atom stereocenters. The molecule has 0 bridgehead atoms. The number of hydrogen-bond donors (Lipinski definition) is 0. The summed E-state index contributed by atoms with van der Waals surface area (Å²) < 4.78 is 0. The predicted octanol–water partition coefficient (Wildman–Crippen LogP) is 17.6. The van der Waals surface area contributed by atoms with Crippen LogP contribution in [0.15, 0.2) is 206 Å². The molecule has 0 saturated heterocycles. The van der Waals surface area contributed by atoms with Gasteiger partial charge in [-0.25, -0.2) is 0 Å². The van der Waals surface area contributed by atoms with Crippen molar-refractivity contribution in [3.8, 4) is 66.8 Å². The SMILES string of the molecule is CC1(C)c2ccccc2-c2ccc(-c3ccc4c(-c5ccc(-c6ccc7ccccc7c6)c6ccccc56)c5ccccc5c(-c5ccc6c(c5)C(C)(C)c5ccccc5-6)c4c3)cc21. The van der Waals surface area contributed by atoms with Crippen LogP contribution < -0.4 is 0 Å². The highest BCUT2D eigenvalue weighted by Crippen LogP contribution is 2.53. The topological polar surface area (TPSA) is 0 Å². The molecular formula is C64H46. The third kappa shape index (κ3) is 5.23. The highest BCUT2D eigenvalue weighted by Gasteiger charge is 2.37. The van der Waals surface area contributed by atoms with Crippen LogP contribution in [0.3, 0.4) is 0 Å². The lowest BCUT2D eigenvalue weighted by Gasteiger charge is -2.24. The van der Waals surface area contributed by atoms with E-state index in [0.717, 1.165) is 0 Å². The van der Waals surface area contributed by atoms with Crippen molar-refractivity contribution in [3.05, 3.63) is 229 Å². The molecule has 0 radical (unpaired) electrons. The largest absolute Gasteiger partial charge is 0.0619 e. The van der Waals surface area contributed by atoms with Crippen molar-refractivity contribution in [1.29, 1.82) is 0 Å². The summed E-state index contributed by atoms with van der Waals surface area (Å²) in [6, 6.07) is 78.1. The summed E-state index contributed by atoms with van der Waals surface area (Å²) in [7, 11) is 0. The summed E-state index contributed by atoms with van der Waals surface area (Å²) >= 11 is 0. The van der Waals surface area contributed by atoms with Crippen molar-refractivity contribution >= 4 is 43.1 Å². The first kappa shape index (κ1) is 37.1. The van der Waals surface area contributed by atoms with E-state index >= 15 is 0 Å². The third-order valence-electron chi connectivity index (χ3n) is 15.1. The van der Waals surface area contributed by atoms with Crippen molar-refractivity contribution in [1.82, 2.24) is 0 Å². The Bertz CT molecular complexity index is 3780. The van der Waals surface area contributed by atoms with Gasteiger partial charge >= 0.3 is 0 Å². The van der Waals surface area contributed by atoms with Gasteiger partial charge in [-0.2, -0.15) is 0 Å². The van der Waals surface area contributed by atoms with Crippen molar-refractivity contribution in [2.45, 2.75) is 38.5 Å². The van der Waals surface area contributed by atoms with Crippen LogP contribution in [0.5, 0.6) is 0 Å². The average molecular weight is 815 g/mol. The molecule has 11 aromatic rings. The zero-order chi connectivity index (χ0) is 42.9. The normalized spacial score (nSPS) is 14.2. The highest BCUT2D eigenvalue weighted by molar-refractivity contribution is 6.24. The molecule has 0 heteroatoms. The molecule has 2 aliphatic rings.